The van der Waals surface area contributed by atoms with Gasteiger partial charge in [-0.05, 0) is 44.0 Å². The minimum absolute atomic E-state index is 0. The van der Waals surface area contributed by atoms with E-state index in [2.05, 4.69) is 35.6 Å². The molecule has 1 amide bonds. The van der Waals surface area contributed by atoms with Crippen LogP contribution in [0, 0.1) is 0 Å². The van der Waals surface area contributed by atoms with Gasteiger partial charge in [0.15, 0.2) is 5.96 Å². The third-order valence-electron chi connectivity index (χ3n) is 5.25. The molecule has 0 spiro atoms. The van der Waals surface area contributed by atoms with Crippen LogP contribution in [0.15, 0.2) is 33.8 Å². The van der Waals surface area contributed by atoms with E-state index in [0.717, 1.165) is 57.1 Å². The molecule has 2 aromatic rings. The maximum atomic E-state index is 12.0. The van der Waals surface area contributed by atoms with Crippen molar-refractivity contribution in [3.63, 3.8) is 0 Å². The van der Waals surface area contributed by atoms with E-state index in [-0.39, 0.29) is 29.9 Å². The standard InChI is InChI=1S/C21H28ClN7O2.HI/c1-2-23-21(29-11-9-28(10-12-29)14-18(30)25-17-7-8-17)24-13-19-26-20(27-31-19)15-3-5-16(22)6-4-15;/h3-6,17H,2,7-14H2,1H3,(H,23,24)(H,25,30);1H. The second-order valence-electron chi connectivity index (χ2n) is 7.79. The summed E-state index contributed by atoms with van der Waals surface area (Å²) in [6, 6.07) is 7.71. The van der Waals surface area contributed by atoms with Crippen molar-refractivity contribution in [3.8, 4) is 11.4 Å². The van der Waals surface area contributed by atoms with E-state index in [4.69, 9.17) is 16.1 Å². The summed E-state index contributed by atoms with van der Waals surface area (Å²) in [7, 11) is 0. The van der Waals surface area contributed by atoms with Crippen molar-refractivity contribution in [2.24, 2.45) is 4.99 Å². The lowest BCUT2D eigenvalue weighted by Crippen LogP contribution is -2.54. The largest absolute Gasteiger partial charge is 0.357 e. The Balaban J connectivity index is 0.00000289. The smallest absolute Gasteiger partial charge is 0.248 e. The first-order valence-corrected chi connectivity index (χ1v) is 11.1. The third-order valence-corrected chi connectivity index (χ3v) is 5.50. The zero-order chi connectivity index (χ0) is 21.6. The molecule has 0 bridgehead atoms. The molecule has 32 heavy (non-hydrogen) atoms. The second-order valence-corrected chi connectivity index (χ2v) is 8.23. The lowest BCUT2D eigenvalue weighted by atomic mass is 10.2. The molecule has 4 rings (SSSR count). The highest BCUT2D eigenvalue weighted by Crippen LogP contribution is 2.19. The first-order chi connectivity index (χ1) is 15.1. The molecule has 1 aromatic heterocycles. The highest BCUT2D eigenvalue weighted by atomic mass is 127. The molecule has 0 unspecified atom stereocenters. The van der Waals surface area contributed by atoms with Gasteiger partial charge in [0.2, 0.25) is 17.6 Å². The lowest BCUT2D eigenvalue weighted by Gasteiger charge is -2.36. The number of hydrogen-bond acceptors (Lipinski definition) is 6. The van der Waals surface area contributed by atoms with Crippen molar-refractivity contribution in [2.45, 2.75) is 32.4 Å². The summed E-state index contributed by atoms with van der Waals surface area (Å²) in [6.45, 7) is 6.83. The number of rotatable bonds is 7. The van der Waals surface area contributed by atoms with E-state index >= 15 is 0 Å². The van der Waals surface area contributed by atoms with Crippen LogP contribution >= 0.6 is 35.6 Å². The minimum Gasteiger partial charge on any atom is -0.357 e. The van der Waals surface area contributed by atoms with Crippen molar-refractivity contribution in [1.29, 1.82) is 0 Å². The van der Waals surface area contributed by atoms with E-state index in [1.54, 1.807) is 12.1 Å². The van der Waals surface area contributed by atoms with Crippen LogP contribution in [-0.4, -0.2) is 77.1 Å². The van der Waals surface area contributed by atoms with Crippen LogP contribution in [0.25, 0.3) is 11.4 Å². The zero-order valence-corrected chi connectivity index (χ0v) is 21.2. The van der Waals surface area contributed by atoms with Gasteiger partial charge in [-0.2, -0.15) is 4.98 Å². The highest BCUT2D eigenvalue weighted by Gasteiger charge is 2.26. The van der Waals surface area contributed by atoms with Crippen molar-refractivity contribution in [3.05, 3.63) is 35.2 Å². The van der Waals surface area contributed by atoms with E-state index < -0.39 is 0 Å². The number of carbonyl (C=O) groups excluding carboxylic acids is 1. The molecule has 0 atom stereocenters. The number of carbonyl (C=O) groups is 1. The average molecular weight is 574 g/mol. The zero-order valence-electron chi connectivity index (χ0n) is 18.1. The summed E-state index contributed by atoms with van der Waals surface area (Å²) in [5, 5.41) is 11.1. The molecule has 174 valence electrons. The fraction of sp³-hybridized carbons (Fsp3) is 0.524. The molecular formula is C21H29ClIN7O2. The van der Waals surface area contributed by atoms with Crippen LogP contribution in [0.5, 0.6) is 0 Å². The number of hydrogen-bond donors (Lipinski definition) is 2. The van der Waals surface area contributed by atoms with Crippen LogP contribution in [0.3, 0.4) is 0 Å². The number of nitrogens with zero attached hydrogens (tertiary/aromatic N) is 5. The normalized spacial score (nSPS) is 17.1. The molecule has 0 radical (unpaired) electrons. The van der Waals surface area contributed by atoms with E-state index in [9.17, 15) is 4.79 Å². The van der Waals surface area contributed by atoms with Crippen LogP contribution < -0.4 is 10.6 Å². The number of aliphatic imine (C=N–C) groups is 1. The van der Waals surface area contributed by atoms with Crippen molar-refractivity contribution in [2.75, 3.05) is 39.3 Å². The molecule has 2 heterocycles. The SMILES string of the molecule is CCNC(=NCc1nc(-c2ccc(Cl)cc2)no1)N1CCN(CC(=O)NC2CC2)CC1.I. The molecular weight excluding hydrogens is 545 g/mol. The Morgan fingerprint density at radius 3 is 2.59 bits per heavy atom. The topological polar surface area (TPSA) is 98.9 Å². The van der Waals surface area contributed by atoms with E-state index in [1.165, 1.54) is 0 Å². The fourth-order valence-corrected chi connectivity index (χ4v) is 3.55. The average Bonchev–Trinajstić information content (AvgIpc) is 3.45. The van der Waals surface area contributed by atoms with Crippen molar-refractivity contribution < 1.29 is 9.32 Å². The van der Waals surface area contributed by atoms with Gasteiger partial charge in [-0.3, -0.25) is 9.69 Å². The van der Waals surface area contributed by atoms with E-state index in [0.29, 0.717) is 35.9 Å². The number of piperazine rings is 1. The van der Waals surface area contributed by atoms with Gasteiger partial charge >= 0.3 is 0 Å². The maximum absolute atomic E-state index is 12.0. The fourth-order valence-electron chi connectivity index (χ4n) is 3.43. The van der Waals surface area contributed by atoms with Gasteiger partial charge in [0.25, 0.3) is 0 Å². The number of guanidine groups is 1. The highest BCUT2D eigenvalue weighted by molar-refractivity contribution is 14.0. The Morgan fingerprint density at radius 2 is 1.94 bits per heavy atom. The summed E-state index contributed by atoms with van der Waals surface area (Å²) >= 11 is 5.93. The molecule has 1 saturated carbocycles. The maximum Gasteiger partial charge on any atom is 0.248 e. The summed E-state index contributed by atoms with van der Waals surface area (Å²) < 4.78 is 5.36. The van der Waals surface area contributed by atoms with Crippen LogP contribution in [0.4, 0.5) is 0 Å². The first-order valence-electron chi connectivity index (χ1n) is 10.7. The van der Waals surface area contributed by atoms with Crippen molar-refractivity contribution >= 4 is 47.4 Å². The summed E-state index contributed by atoms with van der Waals surface area (Å²) in [4.78, 5) is 25.5. The molecule has 2 N–H and O–H groups in total. The molecule has 1 aliphatic heterocycles. The quantitative estimate of drug-likeness (QED) is 0.298. The third kappa shape index (κ3) is 7.04. The molecule has 11 heteroatoms. The van der Waals surface area contributed by atoms with Gasteiger partial charge in [-0.25, -0.2) is 4.99 Å². The Labute approximate surface area is 210 Å². The summed E-state index contributed by atoms with van der Waals surface area (Å²) in [5.74, 6) is 1.92. The van der Waals surface area contributed by atoms with Gasteiger partial charge in [0.05, 0.1) is 6.54 Å². The number of amides is 1. The predicted molar refractivity (Wildman–Crippen MR) is 134 cm³/mol. The number of aromatic nitrogens is 2. The minimum atomic E-state index is 0. The predicted octanol–water partition coefficient (Wildman–Crippen LogP) is 2.37. The van der Waals surface area contributed by atoms with Crippen LogP contribution in [-0.2, 0) is 11.3 Å². The van der Waals surface area contributed by atoms with Gasteiger partial charge in [0, 0.05) is 49.4 Å². The van der Waals surface area contributed by atoms with Crippen LogP contribution in [0.2, 0.25) is 5.02 Å². The monoisotopic (exact) mass is 573 g/mol. The Morgan fingerprint density at radius 1 is 1.22 bits per heavy atom. The Kier molecular flexibility index (Phi) is 9.11. The molecule has 1 aliphatic carbocycles. The Bertz CT molecular complexity index is 909. The molecule has 1 aromatic carbocycles. The van der Waals surface area contributed by atoms with Crippen LogP contribution in [0.1, 0.15) is 25.7 Å². The van der Waals surface area contributed by atoms with E-state index in [1.807, 2.05) is 19.1 Å². The molecule has 2 aliphatic rings. The van der Waals surface area contributed by atoms with Gasteiger partial charge in [-0.15, -0.1) is 24.0 Å². The Hall–Kier alpha value is -1.92. The summed E-state index contributed by atoms with van der Waals surface area (Å²) in [5.41, 5.74) is 0.845. The molecule has 9 nitrogen and oxygen atoms in total. The first kappa shape index (κ1) is 24.7. The number of benzene rings is 1. The van der Waals surface area contributed by atoms with Gasteiger partial charge in [0.1, 0.15) is 6.54 Å². The lowest BCUT2D eigenvalue weighted by molar-refractivity contribution is -0.122. The number of halogens is 2. The second kappa shape index (κ2) is 11.8. The van der Waals surface area contributed by atoms with Gasteiger partial charge in [-0.1, -0.05) is 16.8 Å². The number of nitrogens with one attached hydrogen (secondary N) is 2. The van der Waals surface area contributed by atoms with Gasteiger partial charge < -0.3 is 20.1 Å². The molecule has 1 saturated heterocycles. The van der Waals surface area contributed by atoms with Crippen molar-refractivity contribution in [1.82, 2.24) is 30.6 Å². The molecule has 2 fully saturated rings. The summed E-state index contributed by atoms with van der Waals surface area (Å²) in [6.07, 6.45) is 2.23.